The van der Waals surface area contributed by atoms with Gasteiger partial charge in [-0.05, 0) is 42.0 Å². The molecule has 160 valence electrons. The molecule has 2 aromatic carbocycles. The number of Topliss-reactive ketones (excluding diaryl/α,β-unsaturated/α-hetero) is 1. The van der Waals surface area contributed by atoms with Crippen LogP contribution in [0.3, 0.4) is 0 Å². The molecule has 0 fully saturated rings. The van der Waals surface area contributed by atoms with Gasteiger partial charge in [-0.2, -0.15) is 0 Å². The van der Waals surface area contributed by atoms with Crippen LogP contribution in [0.25, 0.3) is 11.0 Å². The van der Waals surface area contributed by atoms with Crippen molar-refractivity contribution >= 4 is 57.5 Å². The van der Waals surface area contributed by atoms with Crippen molar-refractivity contribution in [3.63, 3.8) is 0 Å². The maximum Gasteiger partial charge on any atom is 0.290 e. The summed E-state index contributed by atoms with van der Waals surface area (Å²) in [6, 6.07) is 10.4. The normalized spacial score (nSPS) is 16.6. The molecule has 1 amide bonds. The van der Waals surface area contributed by atoms with Gasteiger partial charge in [0.25, 0.3) is 5.91 Å². The van der Waals surface area contributed by atoms with E-state index in [0.717, 1.165) is 0 Å². The van der Waals surface area contributed by atoms with Crippen molar-refractivity contribution in [2.24, 2.45) is 0 Å². The van der Waals surface area contributed by atoms with E-state index in [-0.39, 0.29) is 29.5 Å². The fourth-order valence-electron chi connectivity index (χ4n) is 3.59. The number of fused-ring (bicyclic) bond motifs is 1. The minimum absolute atomic E-state index is 0.0229. The van der Waals surface area contributed by atoms with Gasteiger partial charge in [-0.25, -0.2) is 0 Å². The van der Waals surface area contributed by atoms with Gasteiger partial charge in [0.2, 0.25) is 5.78 Å². The van der Waals surface area contributed by atoms with E-state index in [1.54, 1.807) is 36.4 Å². The van der Waals surface area contributed by atoms with Gasteiger partial charge in [0.1, 0.15) is 5.58 Å². The molecule has 1 aromatic heterocycles. The molecule has 0 aliphatic carbocycles. The highest BCUT2D eigenvalue weighted by Gasteiger charge is 2.44. The van der Waals surface area contributed by atoms with Crippen LogP contribution < -0.4 is 0 Å². The molecule has 0 bridgehead atoms. The minimum atomic E-state index is -0.887. The third kappa shape index (κ3) is 3.92. The molecule has 3 aromatic rings. The second-order valence-corrected chi connectivity index (χ2v) is 8.20. The number of hydrogen-bond acceptors (Lipinski definition) is 5. The number of nitrogens with zero attached hydrogens (tertiary/aromatic N) is 1. The van der Waals surface area contributed by atoms with Gasteiger partial charge in [-0.1, -0.05) is 40.9 Å². The van der Waals surface area contributed by atoms with Gasteiger partial charge < -0.3 is 19.2 Å². The number of ether oxygens (including phenoxy) is 1. The zero-order valence-corrected chi connectivity index (χ0v) is 18.5. The molecule has 0 radical (unpaired) electrons. The van der Waals surface area contributed by atoms with Gasteiger partial charge in [0.15, 0.2) is 11.5 Å². The topological polar surface area (TPSA) is 80.0 Å². The quantitative estimate of drug-likeness (QED) is 0.463. The lowest BCUT2D eigenvalue weighted by atomic mass is 9.95. The zero-order valence-electron chi connectivity index (χ0n) is 16.2. The summed E-state index contributed by atoms with van der Waals surface area (Å²) in [6.45, 7) is 0.359. The van der Waals surface area contributed by atoms with Crippen LogP contribution in [0.2, 0.25) is 15.1 Å². The highest BCUT2D eigenvalue weighted by Crippen LogP contribution is 2.41. The first-order chi connectivity index (χ1) is 14.8. The first-order valence-electron chi connectivity index (χ1n) is 9.23. The molecule has 4 rings (SSSR count). The lowest BCUT2D eigenvalue weighted by molar-refractivity contribution is -0.130. The van der Waals surface area contributed by atoms with E-state index in [0.29, 0.717) is 26.6 Å². The Bertz CT molecular complexity index is 1230. The number of rotatable bonds is 6. The standard InChI is InChI=1S/C22H16Cl3NO5/c1-30-7-6-26-19(11-2-4-14(24)15(25)9-11)18(21(28)22(26)29)20(27)17-10-12-8-13(23)3-5-16(12)31-17/h2-5,8-10,19,28H,6-7H2,1H3. The smallest absolute Gasteiger partial charge is 0.290 e. The number of carbonyl (C=O) groups is 2. The fourth-order valence-corrected chi connectivity index (χ4v) is 4.08. The average molecular weight is 481 g/mol. The van der Waals surface area contributed by atoms with Crippen LogP contribution in [0.1, 0.15) is 22.2 Å². The molecule has 0 saturated carbocycles. The molecule has 0 spiro atoms. The number of aliphatic hydroxyl groups is 1. The number of aliphatic hydroxyl groups excluding tert-OH is 1. The Balaban J connectivity index is 1.82. The Labute approximate surface area is 192 Å². The number of furan rings is 1. The van der Waals surface area contributed by atoms with Crippen LogP contribution in [0, 0.1) is 0 Å². The number of ketones is 1. The molecular formula is C22H16Cl3NO5. The van der Waals surface area contributed by atoms with Crippen molar-refractivity contribution in [2.45, 2.75) is 6.04 Å². The molecule has 0 saturated heterocycles. The lowest BCUT2D eigenvalue weighted by Crippen LogP contribution is -2.34. The van der Waals surface area contributed by atoms with Gasteiger partial charge in [-0.15, -0.1) is 0 Å². The molecule has 1 N–H and O–H groups in total. The van der Waals surface area contributed by atoms with Crippen molar-refractivity contribution in [2.75, 3.05) is 20.3 Å². The Morgan fingerprint density at radius 1 is 1.13 bits per heavy atom. The molecular weight excluding hydrogens is 465 g/mol. The summed E-state index contributed by atoms with van der Waals surface area (Å²) in [5.41, 5.74) is 0.870. The predicted octanol–water partition coefficient (Wildman–Crippen LogP) is 5.62. The summed E-state index contributed by atoms with van der Waals surface area (Å²) in [5, 5.41) is 12.3. The molecule has 1 aliphatic rings. The lowest BCUT2D eigenvalue weighted by Gasteiger charge is -2.26. The third-order valence-electron chi connectivity index (χ3n) is 5.05. The number of amides is 1. The van der Waals surface area contributed by atoms with Crippen molar-refractivity contribution in [3.05, 3.63) is 80.2 Å². The Hall–Kier alpha value is -2.51. The largest absolute Gasteiger partial charge is 0.503 e. The van der Waals surface area contributed by atoms with Crippen LogP contribution in [0.5, 0.6) is 0 Å². The summed E-state index contributed by atoms with van der Waals surface area (Å²) in [6.07, 6.45) is 0. The molecule has 1 atom stereocenters. The number of hydrogen-bond donors (Lipinski definition) is 1. The zero-order chi connectivity index (χ0) is 22.3. The van der Waals surface area contributed by atoms with E-state index in [4.69, 9.17) is 44.0 Å². The Morgan fingerprint density at radius 3 is 2.61 bits per heavy atom. The number of methoxy groups -OCH3 is 1. The van der Waals surface area contributed by atoms with Crippen LogP contribution in [0.4, 0.5) is 0 Å². The summed E-state index contributed by atoms with van der Waals surface area (Å²) < 4.78 is 10.8. The first kappa shape index (κ1) is 21.7. The van der Waals surface area contributed by atoms with Crippen LogP contribution in [0.15, 0.2) is 58.2 Å². The van der Waals surface area contributed by atoms with Crippen LogP contribution in [-0.4, -0.2) is 42.0 Å². The summed E-state index contributed by atoms with van der Waals surface area (Å²) in [4.78, 5) is 27.6. The van der Waals surface area contributed by atoms with Crippen LogP contribution >= 0.6 is 34.8 Å². The van der Waals surface area contributed by atoms with Crippen LogP contribution in [-0.2, 0) is 9.53 Å². The van der Waals surface area contributed by atoms with Gasteiger partial charge in [-0.3, -0.25) is 9.59 Å². The highest BCUT2D eigenvalue weighted by atomic mass is 35.5. The molecule has 1 unspecified atom stereocenters. The fraction of sp³-hybridized carbons (Fsp3) is 0.182. The molecule has 2 heterocycles. The Kier molecular flexibility index (Phi) is 5.99. The van der Waals surface area contributed by atoms with Crippen molar-refractivity contribution in [1.29, 1.82) is 0 Å². The summed E-state index contributed by atoms with van der Waals surface area (Å²) in [7, 11) is 1.49. The van der Waals surface area contributed by atoms with E-state index in [1.165, 1.54) is 18.1 Å². The van der Waals surface area contributed by atoms with Gasteiger partial charge in [0.05, 0.1) is 28.3 Å². The van der Waals surface area contributed by atoms with E-state index >= 15 is 0 Å². The SMILES string of the molecule is COCCN1C(=O)C(O)=C(C(=O)c2cc3cc(Cl)ccc3o2)C1c1ccc(Cl)c(Cl)c1. The monoisotopic (exact) mass is 479 g/mol. The van der Waals surface area contributed by atoms with Crippen molar-refractivity contribution < 1.29 is 23.8 Å². The maximum absolute atomic E-state index is 13.4. The second-order valence-electron chi connectivity index (χ2n) is 6.95. The summed E-state index contributed by atoms with van der Waals surface area (Å²) in [5.74, 6) is -1.97. The number of benzene rings is 2. The first-order valence-corrected chi connectivity index (χ1v) is 10.4. The summed E-state index contributed by atoms with van der Waals surface area (Å²) >= 11 is 18.2. The molecule has 6 nitrogen and oxygen atoms in total. The van der Waals surface area contributed by atoms with E-state index in [9.17, 15) is 14.7 Å². The molecule has 31 heavy (non-hydrogen) atoms. The highest BCUT2D eigenvalue weighted by molar-refractivity contribution is 6.42. The number of carbonyl (C=O) groups excluding carboxylic acids is 2. The van der Waals surface area contributed by atoms with Gasteiger partial charge >= 0.3 is 0 Å². The second kappa shape index (κ2) is 8.55. The van der Waals surface area contributed by atoms with Crippen molar-refractivity contribution in [1.82, 2.24) is 4.90 Å². The van der Waals surface area contributed by atoms with Gasteiger partial charge in [0, 0.05) is 24.1 Å². The number of halogens is 3. The maximum atomic E-state index is 13.4. The van der Waals surface area contributed by atoms with E-state index in [1.807, 2.05) is 0 Å². The minimum Gasteiger partial charge on any atom is -0.503 e. The molecule has 1 aliphatic heterocycles. The third-order valence-corrected chi connectivity index (χ3v) is 6.02. The van der Waals surface area contributed by atoms with Crippen molar-refractivity contribution in [3.8, 4) is 0 Å². The molecule has 9 heteroatoms. The Morgan fingerprint density at radius 2 is 1.90 bits per heavy atom. The predicted molar refractivity (Wildman–Crippen MR) is 118 cm³/mol. The van der Waals surface area contributed by atoms with E-state index < -0.39 is 23.5 Å². The average Bonchev–Trinajstić information content (AvgIpc) is 3.27. The van der Waals surface area contributed by atoms with E-state index in [2.05, 4.69) is 0 Å².